The van der Waals surface area contributed by atoms with Crippen LogP contribution in [0.25, 0.3) is 10.9 Å². The fourth-order valence-electron chi connectivity index (χ4n) is 2.11. The first kappa shape index (κ1) is 12.5. The minimum Gasteiger partial charge on any atom is -0.311 e. The fourth-order valence-corrected chi connectivity index (χ4v) is 2.42. The number of fused-ring (bicyclic) bond motifs is 1. The molecule has 0 unspecified atom stereocenters. The van der Waals surface area contributed by atoms with Crippen molar-refractivity contribution >= 4 is 34.1 Å². The summed E-state index contributed by atoms with van der Waals surface area (Å²) in [6.07, 6.45) is 0.381. The second kappa shape index (κ2) is 4.71. The Morgan fingerprint density at radius 1 is 1.29 bits per heavy atom. The van der Waals surface area contributed by atoms with Gasteiger partial charge < -0.3 is 4.57 Å². The molecule has 0 spiro atoms. The molecule has 2 rings (SSSR count). The number of para-hydroxylation sites is 1. The SMILES string of the molecule is Cc1c(CC(Cl)Cl)c(=O)n(C)c2ccccc12. The second-order valence-corrected chi connectivity index (χ2v) is 5.36. The van der Waals surface area contributed by atoms with Gasteiger partial charge in [-0.3, -0.25) is 4.79 Å². The third-order valence-corrected chi connectivity index (χ3v) is 3.35. The van der Waals surface area contributed by atoms with Gasteiger partial charge in [0.05, 0.1) is 5.52 Å². The standard InChI is InChI=1S/C13H13Cl2NO/c1-8-9-5-3-4-6-11(9)16(2)13(17)10(8)7-12(14)15/h3-6,12H,7H2,1-2H3. The Hall–Kier alpha value is -0.990. The average molecular weight is 270 g/mol. The monoisotopic (exact) mass is 269 g/mol. The van der Waals surface area contributed by atoms with E-state index in [1.54, 1.807) is 11.6 Å². The molecule has 0 N–H and O–H groups in total. The molecule has 17 heavy (non-hydrogen) atoms. The zero-order valence-electron chi connectivity index (χ0n) is 9.71. The van der Waals surface area contributed by atoms with Crippen LogP contribution in [0.5, 0.6) is 0 Å². The van der Waals surface area contributed by atoms with Crippen LogP contribution in [0.4, 0.5) is 0 Å². The van der Waals surface area contributed by atoms with Crippen LogP contribution in [0.15, 0.2) is 29.1 Å². The van der Waals surface area contributed by atoms with Crippen molar-refractivity contribution < 1.29 is 0 Å². The van der Waals surface area contributed by atoms with E-state index in [1.165, 1.54) is 0 Å². The van der Waals surface area contributed by atoms with Crippen molar-refractivity contribution in [3.8, 4) is 0 Å². The Kier molecular flexibility index (Phi) is 3.45. The van der Waals surface area contributed by atoms with Gasteiger partial charge in [0, 0.05) is 24.4 Å². The number of halogens is 2. The number of aromatic nitrogens is 1. The summed E-state index contributed by atoms with van der Waals surface area (Å²) in [5, 5.41) is 1.07. The summed E-state index contributed by atoms with van der Waals surface area (Å²) >= 11 is 11.6. The van der Waals surface area contributed by atoms with Gasteiger partial charge >= 0.3 is 0 Å². The highest BCUT2D eigenvalue weighted by atomic mass is 35.5. The number of alkyl halides is 2. The molecule has 0 atom stereocenters. The molecule has 0 saturated heterocycles. The first-order valence-corrected chi connectivity index (χ1v) is 6.25. The maximum Gasteiger partial charge on any atom is 0.254 e. The van der Waals surface area contributed by atoms with Crippen molar-refractivity contribution in [1.82, 2.24) is 4.57 Å². The zero-order chi connectivity index (χ0) is 12.6. The van der Waals surface area contributed by atoms with E-state index in [1.807, 2.05) is 31.2 Å². The van der Waals surface area contributed by atoms with Crippen molar-refractivity contribution in [3.63, 3.8) is 0 Å². The molecule has 0 aliphatic carbocycles. The van der Waals surface area contributed by atoms with E-state index in [9.17, 15) is 4.79 Å². The van der Waals surface area contributed by atoms with E-state index >= 15 is 0 Å². The topological polar surface area (TPSA) is 22.0 Å². The zero-order valence-corrected chi connectivity index (χ0v) is 11.2. The molecule has 1 heterocycles. The van der Waals surface area contributed by atoms with Gasteiger partial charge in [0.15, 0.2) is 0 Å². The van der Waals surface area contributed by atoms with Gasteiger partial charge in [0.2, 0.25) is 0 Å². The molecule has 1 aromatic carbocycles. The van der Waals surface area contributed by atoms with E-state index in [2.05, 4.69) is 0 Å². The molecule has 0 fully saturated rings. The summed E-state index contributed by atoms with van der Waals surface area (Å²) in [6, 6.07) is 7.83. The van der Waals surface area contributed by atoms with E-state index < -0.39 is 4.84 Å². The van der Waals surface area contributed by atoms with Crippen molar-refractivity contribution in [1.29, 1.82) is 0 Å². The van der Waals surface area contributed by atoms with Gasteiger partial charge in [-0.05, 0) is 18.6 Å². The number of rotatable bonds is 2. The highest BCUT2D eigenvalue weighted by Gasteiger charge is 2.14. The van der Waals surface area contributed by atoms with Crippen molar-refractivity contribution in [3.05, 3.63) is 45.7 Å². The van der Waals surface area contributed by atoms with E-state index in [0.717, 1.165) is 16.5 Å². The van der Waals surface area contributed by atoms with Crippen LogP contribution in [0.2, 0.25) is 0 Å². The molecule has 1 aromatic heterocycles. The number of hydrogen-bond donors (Lipinski definition) is 0. The molecular weight excluding hydrogens is 257 g/mol. The predicted octanol–water partition coefficient (Wildman–Crippen LogP) is 3.19. The van der Waals surface area contributed by atoms with Crippen LogP contribution in [0.1, 0.15) is 11.1 Å². The van der Waals surface area contributed by atoms with Gasteiger partial charge in [0.25, 0.3) is 5.56 Å². The van der Waals surface area contributed by atoms with Crippen molar-refractivity contribution in [2.45, 2.75) is 18.2 Å². The van der Waals surface area contributed by atoms with E-state index in [-0.39, 0.29) is 5.56 Å². The first-order valence-electron chi connectivity index (χ1n) is 5.37. The van der Waals surface area contributed by atoms with Gasteiger partial charge in [0.1, 0.15) is 4.84 Å². The Labute approximate surface area is 110 Å². The second-order valence-electron chi connectivity index (χ2n) is 4.08. The molecule has 2 aromatic rings. The maximum atomic E-state index is 12.2. The Morgan fingerprint density at radius 3 is 2.59 bits per heavy atom. The van der Waals surface area contributed by atoms with Crippen LogP contribution < -0.4 is 5.56 Å². The lowest BCUT2D eigenvalue weighted by Gasteiger charge is -2.13. The Morgan fingerprint density at radius 2 is 1.94 bits per heavy atom. The summed E-state index contributed by atoms with van der Waals surface area (Å²) in [4.78, 5) is 11.6. The number of pyridine rings is 1. The van der Waals surface area contributed by atoms with Crippen LogP contribution in [-0.4, -0.2) is 9.40 Å². The molecule has 0 aliphatic heterocycles. The molecule has 0 amide bonds. The van der Waals surface area contributed by atoms with E-state index in [0.29, 0.717) is 12.0 Å². The smallest absolute Gasteiger partial charge is 0.254 e. The van der Waals surface area contributed by atoms with Crippen LogP contribution in [0.3, 0.4) is 0 Å². The van der Waals surface area contributed by atoms with Crippen LogP contribution in [-0.2, 0) is 13.5 Å². The Bertz CT molecular complexity index is 617. The summed E-state index contributed by atoms with van der Waals surface area (Å²) in [5.41, 5.74) is 2.57. The van der Waals surface area contributed by atoms with Crippen LogP contribution >= 0.6 is 23.2 Å². The quantitative estimate of drug-likeness (QED) is 0.768. The maximum absolute atomic E-state index is 12.2. The fraction of sp³-hybridized carbons (Fsp3) is 0.308. The highest BCUT2D eigenvalue weighted by molar-refractivity contribution is 6.44. The average Bonchev–Trinajstić information content (AvgIpc) is 2.31. The summed E-state index contributed by atoms with van der Waals surface area (Å²) in [6.45, 7) is 1.94. The molecule has 0 saturated carbocycles. The first-order chi connectivity index (χ1) is 8.02. The summed E-state index contributed by atoms with van der Waals surface area (Å²) < 4.78 is 1.65. The van der Waals surface area contributed by atoms with Gasteiger partial charge in [-0.2, -0.15) is 0 Å². The lowest BCUT2D eigenvalue weighted by atomic mass is 10.0. The number of benzene rings is 1. The lowest BCUT2D eigenvalue weighted by molar-refractivity contribution is 0.865. The van der Waals surface area contributed by atoms with E-state index in [4.69, 9.17) is 23.2 Å². The minimum atomic E-state index is -0.553. The van der Waals surface area contributed by atoms with Gasteiger partial charge in [-0.15, -0.1) is 23.2 Å². The largest absolute Gasteiger partial charge is 0.311 e. The molecule has 4 heteroatoms. The molecule has 90 valence electrons. The normalized spacial score (nSPS) is 11.4. The molecule has 0 aliphatic rings. The molecule has 0 bridgehead atoms. The minimum absolute atomic E-state index is 0.0208. The van der Waals surface area contributed by atoms with Gasteiger partial charge in [-0.1, -0.05) is 18.2 Å². The van der Waals surface area contributed by atoms with Crippen molar-refractivity contribution in [2.75, 3.05) is 0 Å². The third-order valence-electron chi connectivity index (χ3n) is 3.04. The number of aryl methyl sites for hydroxylation is 2. The van der Waals surface area contributed by atoms with Crippen molar-refractivity contribution in [2.24, 2.45) is 7.05 Å². The molecular formula is C13H13Cl2NO. The number of hydrogen-bond acceptors (Lipinski definition) is 1. The van der Waals surface area contributed by atoms with Gasteiger partial charge in [-0.25, -0.2) is 0 Å². The predicted molar refractivity (Wildman–Crippen MR) is 73.1 cm³/mol. The summed E-state index contributed by atoms with van der Waals surface area (Å²) in [7, 11) is 1.77. The Balaban J connectivity index is 2.82. The lowest BCUT2D eigenvalue weighted by Crippen LogP contribution is -2.24. The molecule has 0 radical (unpaired) electrons. The van der Waals surface area contributed by atoms with Crippen LogP contribution in [0, 0.1) is 6.92 Å². The third kappa shape index (κ3) is 2.20. The molecule has 2 nitrogen and oxygen atoms in total. The number of nitrogens with zero attached hydrogens (tertiary/aromatic N) is 1. The summed E-state index contributed by atoms with van der Waals surface area (Å²) in [5.74, 6) is 0. The highest BCUT2D eigenvalue weighted by Crippen LogP contribution is 2.21.